The number of nitrogens with one attached hydrogen (secondary N) is 2. The number of hydrazone groups is 1. The summed E-state index contributed by atoms with van der Waals surface area (Å²) < 4.78 is 39.7. The van der Waals surface area contributed by atoms with Gasteiger partial charge in [0.25, 0.3) is 0 Å². The second-order valence-electron chi connectivity index (χ2n) is 6.53. The van der Waals surface area contributed by atoms with Gasteiger partial charge in [0.15, 0.2) is 5.84 Å². The van der Waals surface area contributed by atoms with E-state index in [1.165, 1.54) is 25.2 Å². The molecule has 0 unspecified atom stereocenters. The van der Waals surface area contributed by atoms with E-state index in [0.29, 0.717) is 25.3 Å². The molecule has 0 aliphatic rings. The van der Waals surface area contributed by atoms with Crippen LogP contribution in [0.25, 0.3) is 0 Å². The highest BCUT2D eigenvalue weighted by Gasteiger charge is 2.33. The fourth-order valence-corrected chi connectivity index (χ4v) is 2.76. The fourth-order valence-electron chi connectivity index (χ4n) is 2.76. The second kappa shape index (κ2) is 17.4. The maximum atomic E-state index is 13.2. The molecule has 0 amide bonds. The first-order valence-corrected chi connectivity index (χ1v) is 11.3. The minimum absolute atomic E-state index is 0.194. The molecule has 0 radical (unpaired) electrons. The molecule has 0 aromatic heterocycles. The number of alkyl halides is 3. The van der Waals surface area contributed by atoms with Crippen LogP contribution in [0.4, 0.5) is 18.9 Å². The van der Waals surface area contributed by atoms with Gasteiger partial charge in [-0.05, 0) is 31.2 Å². The van der Waals surface area contributed by atoms with Crippen molar-refractivity contribution in [2.45, 2.75) is 39.8 Å². The predicted molar refractivity (Wildman–Crippen MR) is 137 cm³/mol. The molecule has 0 saturated heterocycles. The van der Waals surface area contributed by atoms with Crippen molar-refractivity contribution in [2.24, 2.45) is 27.3 Å². The molecule has 7 nitrogen and oxygen atoms in total. The monoisotopic (exact) mass is 481 g/mol. The average molecular weight is 482 g/mol. The molecular formula is C24H38F3N7. The number of rotatable bonds is 9. The van der Waals surface area contributed by atoms with Gasteiger partial charge in [-0.2, -0.15) is 18.3 Å². The molecule has 0 bridgehead atoms. The van der Waals surface area contributed by atoms with E-state index in [0.717, 1.165) is 30.3 Å². The Hall–Kier alpha value is -3.11. The summed E-state index contributed by atoms with van der Waals surface area (Å²) in [5.74, 6) is 0.180. The van der Waals surface area contributed by atoms with E-state index in [9.17, 15) is 13.2 Å². The molecule has 2 aromatic carbocycles. The largest absolute Gasteiger partial charge is 0.417 e. The molecule has 0 spiro atoms. The number of halogens is 3. The average Bonchev–Trinajstić information content (AvgIpc) is 2.86. The summed E-state index contributed by atoms with van der Waals surface area (Å²) in [5, 5.41) is 7.31. The molecule has 0 heterocycles. The molecule has 0 fully saturated rings. The lowest BCUT2D eigenvalue weighted by atomic mass is 10.1. The molecule has 0 aliphatic heterocycles. The van der Waals surface area contributed by atoms with Crippen molar-refractivity contribution in [1.29, 1.82) is 0 Å². The Kier molecular flexibility index (Phi) is 15.8. The Morgan fingerprint density at radius 1 is 1.00 bits per heavy atom. The van der Waals surface area contributed by atoms with Crippen LogP contribution in [0.15, 0.2) is 58.6 Å². The smallest absolute Gasteiger partial charge is 0.385 e. The minimum atomic E-state index is -4.53. The Labute approximate surface area is 200 Å². The third-order valence-electron chi connectivity index (χ3n) is 4.19. The van der Waals surface area contributed by atoms with Crippen LogP contribution in [-0.4, -0.2) is 38.4 Å². The van der Waals surface area contributed by atoms with Gasteiger partial charge >= 0.3 is 6.18 Å². The molecule has 2 rings (SSSR count). The highest BCUT2D eigenvalue weighted by atomic mass is 19.4. The van der Waals surface area contributed by atoms with Crippen molar-refractivity contribution in [3.8, 4) is 0 Å². The van der Waals surface area contributed by atoms with Crippen LogP contribution < -0.4 is 27.9 Å². The molecule has 34 heavy (non-hydrogen) atoms. The number of hydrogen-bond acceptors (Lipinski definition) is 5. The van der Waals surface area contributed by atoms with Gasteiger partial charge < -0.3 is 22.5 Å². The number of para-hydroxylation sites is 1. The third kappa shape index (κ3) is 10.7. The molecule has 0 aliphatic carbocycles. The van der Waals surface area contributed by atoms with Gasteiger partial charge in [0.1, 0.15) is 5.84 Å². The normalized spacial score (nSPS) is 11.6. The molecule has 0 saturated carbocycles. The van der Waals surface area contributed by atoms with Crippen LogP contribution in [0.1, 0.15) is 43.9 Å². The van der Waals surface area contributed by atoms with Crippen molar-refractivity contribution in [2.75, 3.05) is 32.0 Å². The quantitative estimate of drug-likeness (QED) is 0.211. The molecule has 0 atom stereocenters. The fraction of sp³-hybridized carbons (Fsp3) is 0.417. The van der Waals surface area contributed by atoms with E-state index in [1.54, 1.807) is 0 Å². The van der Waals surface area contributed by atoms with Gasteiger partial charge in [-0.25, -0.2) is 0 Å². The lowest BCUT2D eigenvalue weighted by Crippen LogP contribution is -2.28. The maximum Gasteiger partial charge on any atom is 0.417 e. The third-order valence-corrected chi connectivity index (χ3v) is 4.19. The lowest BCUT2D eigenvalue weighted by Gasteiger charge is -2.14. The van der Waals surface area contributed by atoms with Crippen molar-refractivity contribution < 1.29 is 13.2 Å². The molecular weight excluding hydrogens is 443 g/mol. The SMILES string of the molecule is CC.CCCNc1ccccc1CC(=NCCN)N/N=C(\N)c1ccccc1C(F)(F)F.CN. The van der Waals surface area contributed by atoms with Crippen LogP contribution >= 0.6 is 0 Å². The van der Waals surface area contributed by atoms with Crippen LogP contribution in [0.2, 0.25) is 0 Å². The first-order valence-electron chi connectivity index (χ1n) is 11.3. The van der Waals surface area contributed by atoms with E-state index in [-0.39, 0.29) is 11.4 Å². The zero-order valence-corrected chi connectivity index (χ0v) is 20.4. The Morgan fingerprint density at radius 3 is 2.24 bits per heavy atom. The van der Waals surface area contributed by atoms with Gasteiger partial charge in [-0.1, -0.05) is 57.2 Å². The van der Waals surface area contributed by atoms with Crippen molar-refractivity contribution in [3.05, 3.63) is 65.2 Å². The highest BCUT2D eigenvalue weighted by Crippen LogP contribution is 2.31. The molecule has 190 valence electrons. The molecule has 10 heteroatoms. The van der Waals surface area contributed by atoms with Crippen LogP contribution in [-0.2, 0) is 12.6 Å². The zero-order valence-electron chi connectivity index (χ0n) is 20.4. The topological polar surface area (TPSA) is 127 Å². The summed E-state index contributed by atoms with van der Waals surface area (Å²) in [7, 11) is 1.50. The number of benzene rings is 2. The number of anilines is 1. The Balaban J connectivity index is 0.00000258. The summed E-state index contributed by atoms with van der Waals surface area (Å²) in [6, 6.07) is 12.8. The lowest BCUT2D eigenvalue weighted by molar-refractivity contribution is -0.137. The van der Waals surface area contributed by atoms with Crippen LogP contribution in [0.3, 0.4) is 0 Å². The van der Waals surface area contributed by atoms with E-state index in [2.05, 4.69) is 33.5 Å². The van der Waals surface area contributed by atoms with Crippen molar-refractivity contribution in [3.63, 3.8) is 0 Å². The highest BCUT2D eigenvalue weighted by molar-refractivity contribution is 6.00. The predicted octanol–water partition coefficient (Wildman–Crippen LogP) is 3.94. The number of nitrogens with zero attached hydrogens (tertiary/aromatic N) is 2. The van der Waals surface area contributed by atoms with Gasteiger partial charge in [-0.15, -0.1) is 0 Å². The van der Waals surface area contributed by atoms with Gasteiger partial charge in [0.05, 0.1) is 12.1 Å². The number of nitrogens with two attached hydrogens (primary N) is 3. The van der Waals surface area contributed by atoms with Crippen molar-refractivity contribution in [1.82, 2.24) is 5.43 Å². The second-order valence-corrected chi connectivity index (χ2v) is 6.53. The van der Waals surface area contributed by atoms with Gasteiger partial charge in [0.2, 0.25) is 0 Å². The van der Waals surface area contributed by atoms with E-state index in [4.69, 9.17) is 11.5 Å². The number of hydrogen-bond donors (Lipinski definition) is 5. The first kappa shape index (κ1) is 30.9. The first-order chi connectivity index (χ1) is 16.4. The Bertz CT molecular complexity index is 881. The summed E-state index contributed by atoms with van der Waals surface area (Å²) in [6.45, 7) is 7.57. The minimum Gasteiger partial charge on any atom is -0.385 e. The molecule has 8 N–H and O–H groups in total. The summed E-state index contributed by atoms with van der Waals surface area (Å²) in [5.41, 5.74) is 19.5. The molecule has 2 aromatic rings. The van der Waals surface area contributed by atoms with Gasteiger partial charge in [0, 0.05) is 30.8 Å². The van der Waals surface area contributed by atoms with E-state index in [1.807, 2.05) is 38.1 Å². The van der Waals surface area contributed by atoms with Crippen LogP contribution in [0, 0.1) is 0 Å². The van der Waals surface area contributed by atoms with Gasteiger partial charge in [-0.3, -0.25) is 10.4 Å². The maximum absolute atomic E-state index is 13.2. The number of aliphatic imine (C=N–C) groups is 1. The Morgan fingerprint density at radius 2 is 1.62 bits per heavy atom. The summed E-state index contributed by atoms with van der Waals surface area (Å²) >= 11 is 0. The number of amidine groups is 2. The van der Waals surface area contributed by atoms with Crippen molar-refractivity contribution >= 4 is 17.4 Å². The van der Waals surface area contributed by atoms with Crippen LogP contribution in [0.5, 0.6) is 0 Å². The zero-order chi connectivity index (χ0) is 26.0. The summed E-state index contributed by atoms with van der Waals surface area (Å²) in [6.07, 6.45) is -3.16. The standard InChI is InChI=1S/C21H27F3N6.C2H6.CH5N/c1-2-12-27-18-10-6-3-7-15(18)14-19(28-13-11-25)29-30-20(26)16-8-4-5-9-17(16)21(22,23)24;2*1-2/h3-10,27H,2,11-14,25H2,1H3,(H2,26,30)(H,28,29);1-2H3;2H2,1H3. The van der Waals surface area contributed by atoms with E-state index >= 15 is 0 Å². The van der Waals surface area contributed by atoms with E-state index < -0.39 is 11.7 Å². The summed E-state index contributed by atoms with van der Waals surface area (Å²) in [4.78, 5) is 4.36.